The van der Waals surface area contributed by atoms with Gasteiger partial charge in [-0.15, -0.1) is 0 Å². The van der Waals surface area contributed by atoms with Crippen LogP contribution in [0.25, 0.3) is 11.0 Å². The second-order valence-corrected chi connectivity index (χ2v) is 7.71. The molecule has 7 nitrogen and oxygen atoms in total. The summed E-state index contributed by atoms with van der Waals surface area (Å²) in [5.74, 6) is 0.622. The van der Waals surface area contributed by atoms with E-state index in [2.05, 4.69) is 0 Å². The number of amides is 1. The monoisotopic (exact) mass is 405 g/mol. The zero-order valence-corrected chi connectivity index (χ0v) is 16.3. The maximum absolute atomic E-state index is 13.1. The molecule has 1 atom stereocenters. The van der Waals surface area contributed by atoms with E-state index >= 15 is 0 Å². The standard InChI is InChI=1S/C23H19NO6/c1-28-15-6-7-20-16(11-15)18(25)12-23(30-20)8-9-24(13-23)21(26)17-10-14-4-2-3-5-19(14)29-22(17)27/h2-7,10-11H,8-9,12-13H2,1H3. The maximum atomic E-state index is 13.1. The van der Waals surface area contributed by atoms with Crippen molar-refractivity contribution in [3.05, 3.63) is 70.1 Å². The average molecular weight is 405 g/mol. The van der Waals surface area contributed by atoms with Crippen LogP contribution in [0.15, 0.2) is 57.7 Å². The highest BCUT2D eigenvalue weighted by atomic mass is 16.5. The third-order valence-electron chi connectivity index (χ3n) is 5.77. The number of rotatable bonds is 2. The molecule has 1 saturated heterocycles. The number of carbonyl (C=O) groups excluding carboxylic acids is 2. The summed E-state index contributed by atoms with van der Waals surface area (Å²) < 4.78 is 16.7. The Morgan fingerprint density at radius 3 is 2.80 bits per heavy atom. The zero-order chi connectivity index (χ0) is 20.9. The summed E-state index contributed by atoms with van der Waals surface area (Å²) in [6.45, 7) is 0.624. The lowest BCUT2D eigenvalue weighted by Crippen LogP contribution is -2.45. The van der Waals surface area contributed by atoms with Gasteiger partial charge < -0.3 is 18.8 Å². The number of ether oxygens (including phenoxy) is 2. The smallest absolute Gasteiger partial charge is 0.349 e. The molecule has 0 bridgehead atoms. The number of methoxy groups -OCH3 is 1. The van der Waals surface area contributed by atoms with Crippen LogP contribution in [0.2, 0.25) is 0 Å². The van der Waals surface area contributed by atoms with Crippen LogP contribution in [0, 0.1) is 0 Å². The number of likely N-dealkylation sites (tertiary alicyclic amines) is 1. The van der Waals surface area contributed by atoms with Crippen molar-refractivity contribution in [3.8, 4) is 11.5 Å². The Bertz CT molecular complexity index is 1250. The second kappa shape index (κ2) is 6.73. The van der Waals surface area contributed by atoms with E-state index in [4.69, 9.17) is 13.9 Å². The topological polar surface area (TPSA) is 86.0 Å². The Labute approximate surface area is 171 Å². The fourth-order valence-electron chi connectivity index (χ4n) is 4.23. The molecule has 1 amide bonds. The Balaban J connectivity index is 1.42. The molecule has 0 radical (unpaired) electrons. The van der Waals surface area contributed by atoms with Crippen LogP contribution >= 0.6 is 0 Å². The summed E-state index contributed by atoms with van der Waals surface area (Å²) in [7, 11) is 1.54. The van der Waals surface area contributed by atoms with Crippen molar-refractivity contribution in [2.75, 3.05) is 20.2 Å². The molecule has 1 unspecified atom stereocenters. The molecule has 0 saturated carbocycles. The van der Waals surface area contributed by atoms with E-state index in [-0.39, 0.29) is 24.3 Å². The van der Waals surface area contributed by atoms with Crippen molar-refractivity contribution in [2.45, 2.75) is 18.4 Å². The van der Waals surface area contributed by atoms with Gasteiger partial charge in [-0.25, -0.2) is 4.79 Å². The number of para-hydroxylation sites is 1. The number of benzene rings is 2. The normalized spacial score (nSPS) is 20.3. The Hall–Kier alpha value is -3.61. The summed E-state index contributed by atoms with van der Waals surface area (Å²) in [6, 6.07) is 13.7. The van der Waals surface area contributed by atoms with Crippen LogP contribution in [-0.2, 0) is 0 Å². The van der Waals surface area contributed by atoms with Gasteiger partial charge in [0.2, 0.25) is 0 Å². The van der Waals surface area contributed by atoms with E-state index in [1.54, 1.807) is 54.5 Å². The number of ketones is 1. The van der Waals surface area contributed by atoms with Crippen molar-refractivity contribution in [1.29, 1.82) is 0 Å². The first kappa shape index (κ1) is 18.4. The minimum atomic E-state index is -0.786. The van der Waals surface area contributed by atoms with Crippen LogP contribution in [-0.4, -0.2) is 42.4 Å². The molecule has 5 rings (SSSR count). The van der Waals surface area contributed by atoms with Crippen molar-refractivity contribution in [2.24, 2.45) is 0 Å². The van der Waals surface area contributed by atoms with Crippen LogP contribution in [0.1, 0.15) is 33.6 Å². The van der Waals surface area contributed by atoms with Crippen LogP contribution in [0.4, 0.5) is 0 Å². The highest BCUT2D eigenvalue weighted by Crippen LogP contribution is 2.40. The van der Waals surface area contributed by atoms with Gasteiger partial charge in [0.1, 0.15) is 28.2 Å². The van der Waals surface area contributed by atoms with Gasteiger partial charge in [0.25, 0.3) is 5.91 Å². The first-order valence-electron chi connectivity index (χ1n) is 9.70. The lowest BCUT2D eigenvalue weighted by molar-refractivity contribution is 0.0426. The fraction of sp³-hybridized carbons (Fsp3) is 0.261. The van der Waals surface area contributed by atoms with Gasteiger partial charge in [-0.3, -0.25) is 9.59 Å². The van der Waals surface area contributed by atoms with Crippen LogP contribution < -0.4 is 15.1 Å². The minimum absolute atomic E-state index is 0.0157. The van der Waals surface area contributed by atoms with E-state index in [0.29, 0.717) is 41.0 Å². The molecule has 30 heavy (non-hydrogen) atoms. The quantitative estimate of drug-likeness (QED) is 0.609. The molecular weight excluding hydrogens is 386 g/mol. The summed E-state index contributed by atoms with van der Waals surface area (Å²) >= 11 is 0. The molecule has 2 aromatic carbocycles. The van der Waals surface area contributed by atoms with E-state index < -0.39 is 17.1 Å². The Kier molecular flexibility index (Phi) is 4.13. The van der Waals surface area contributed by atoms with Gasteiger partial charge in [0, 0.05) is 18.4 Å². The van der Waals surface area contributed by atoms with Crippen LogP contribution in [0.3, 0.4) is 0 Å². The van der Waals surface area contributed by atoms with Crippen molar-refractivity contribution >= 4 is 22.7 Å². The predicted octanol–water partition coefficient (Wildman–Crippen LogP) is 3.05. The van der Waals surface area contributed by atoms with Crippen LogP contribution in [0.5, 0.6) is 11.5 Å². The largest absolute Gasteiger partial charge is 0.497 e. The van der Waals surface area contributed by atoms with Gasteiger partial charge in [-0.2, -0.15) is 0 Å². The fourth-order valence-corrected chi connectivity index (χ4v) is 4.23. The van der Waals surface area contributed by atoms with E-state index in [1.165, 1.54) is 0 Å². The average Bonchev–Trinajstić information content (AvgIpc) is 3.15. The lowest BCUT2D eigenvalue weighted by Gasteiger charge is -2.34. The number of hydrogen-bond donors (Lipinski definition) is 0. The molecule has 2 aliphatic heterocycles. The van der Waals surface area contributed by atoms with E-state index in [9.17, 15) is 14.4 Å². The Morgan fingerprint density at radius 1 is 1.13 bits per heavy atom. The van der Waals surface area contributed by atoms with Gasteiger partial charge in [-0.05, 0) is 30.3 Å². The highest BCUT2D eigenvalue weighted by molar-refractivity contribution is 6.01. The van der Waals surface area contributed by atoms with Gasteiger partial charge in [0.15, 0.2) is 5.78 Å². The third-order valence-corrected chi connectivity index (χ3v) is 5.77. The first-order valence-corrected chi connectivity index (χ1v) is 9.70. The predicted molar refractivity (Wildman–Crippen MR) is 108 cm³/mol. The molecule has 7 heteroatoms. The number of nitrogens with zero attached hydrogens (tertiary/aromatic N) is 1. The zero-order valence-electron chi connectivity index (χ0n) is 16.3. The molecule has 0 aliphatic carbocycles. The molecule has 2 aliphatic rings. The Morgan fingerprint density at radius 2 is 1.97 bits per heavy atom. The molecule has 3 heterocycles. The number of carbonyl (C=O) groups is 2. The summed E-state index contributed by atoms with van der Waals surface area (Å²) in [5.41, 5.74) is -0.549. The lowest BCUT2D eigenvalue weighted by atomic mass is 9.89. The first-order chi connectivity index (χ1) is 14.5. The highest BCUT2D eigenvalue weighted by Gasteiger charge is 2.47. The van der Waals surface area contributed by atoms with Crippen molar-refractivity contribution in [1.82, 2.24) is 4.90 Å². The molecule has 152 valence electrons. The van der Waals surface area contributed by atoms with Gasteiger partial charge >= 0.3 is 5.63 Å². The summed E-state index contributed by atoms with van der Waals surface area (Å²) in [5, 5.41) is 0.682. The maximum Gasteiger partial charge on any atom is 0.349 e. The second-order valence-electron chi connectivity index (χ2n) is 7.71. The number of fused-ring (bicyclic) bond motifs is 2. The molecule has 3 aromatic rings. The third kappa shape index (κ3) is 2.94. The van der Waals surface area contributed by atoms with Crippen molar-refractivity contribution in [3.63, 3.8) is 0 Å². The minimum Gasteiger partial charge on any atom is -0.497 e. The summed E-state index contributed by atoms with van der Waals surface area (Å²) in [6.07, 6.45) is 0.679. The molecular formula is C23H19NO6. The van der Waals surface area contributed by atoms with E-state index in [0.717, 1.165) is 0 Å². The molecule has 1 fully saturated rings. The molecule has 0 N–H and O–H groups in total. The van der Waals surface area contributed by atoms with E-state index in [1.807, 2.05) is 6.07 Å². The summed E-state index contributed by atoms with van der Waals surface area (Å²) in [4.78, 5) is 39.7. The van der Waals surface area contributed by atoms with Gasteiger partial charge in [-0.1, -0.05) is 18.2 Å². The van der Waals surface area contributed by atoms with Crippen molar-refractivity contribution < 1.29 is 23.5 Å². The number of Topliss-reactive ketones (excluding diaryl/α,β-unsaturated/α-hetero) is 1. The number of hydrogen-bond acceptors (Lipinski definition) is 6. The molecule has 1 spiro atoms. The van der Waals surface area contributed by atoms with Gasteiger partial charge in [0.05, 0.1) is 25.6 Å². The SMILES string of the molecule is COc1ccc2c(c1)C(=O)CC1(CCN(C(=O)c3cc4ccccc4oc3=O)C1)O2. The molecule has 1 aromatic heterocycles.